The number of allylic oxidation sites excluding steroid dienone is 4. The molecule has 0 rings (SSSR count). The van der Waals surface area contributed by atoms with Crippen molar-refractivity contribution in [1.29, 1.82) is 0 Å². The Balaban J connectivity index is 5.27. The van der Waals surface area contributed by atoms with Crippen molar-refractivity contribution in [3.8, 4) is 0 Å². The van der Waals surface area contributed by atoms with E-state index in [0.29, 0.717) is 25.7 Å². The van der Waals surface area contributed by atoms with E-state index < -0.39 is 97.5 Å². The maximum absolute atomic E-state index is 13.1. The molecule has 0 aromatic rings. The van der Waals surface area contributed by atoms with Crippen LogP contribution in [0.3, 0.4) is 0 Å². The third kappa shape index (κ3) is 78.0. The highest BCUT2D eigenvalue weighted by Crippen LogP contribution is 2.45. The number of aliphatic hydroxyl groups excluding tert-OH is 1. The molecule has 0 aromatic carbocycles. The van der Waals surface area contributed by atoms with Gasteiger partial charge in [0.2, 0.25) is 0 Å². The van der Waals surface area contributed by atoms with E-state index in [1.165, 1.54) is 244 Å². The SMILES string of the molecule is CCCCCC/C=C\C=C/CCCCCCCC(=O)OC[C@H](COP(=O)(O)OC[C@@H](O)COP(=O)(O)OC[C@@H](COC(=O)CCCCCCCCCCCCCCC)OC(=O)CCCCCCCCCCCCCCCCC)OC(=O)CCCCCCCCCCCCCCCCCCCCC(C)CC. The number of unbranched alkanes of at least 4 members (excludes halogenated alkanes) is 52. The summed E-state index contributed by atoms with van der Waals surface area (Å²) in [5, 5.41) is 10.7. The first-order valence-corrected chi connectivity index (χ1v) is 47.0. The number of ether oxygens (including phenoxy) is 4. The number of phosphoric acid groups is 2. The first-order valence-electron chi connectivity index (χ1n) is 44.0. The van der Waals surface area contributed by atoms with Crippen LogP contribution in [0.15, 0.2) is 24.3 Å². The highest BCUT2D eigenvalue weighted by molar-refractivity contribution is 7.47. The van der Waals surface area contributed by atoms with Crippen molar-refractivity contribution in [2.24, 2.45) is 5.92 Å². The molecule has 0 aliphatic rings. The summed E-state index contributed by atoms with van der Waals surface area (Å²) in [4.78, 5) is 73.2. The fourth-order valence-electron chi connectivity index (χ4n) is 12.9. The molecular formula is C86H164O17P2. The van der Waals surface area contributed by atoms with E-state index in [9.17, 15) is 43.2 Å². The minimum Gasteiger partial charge on any atom is -0.462 e. The van der Waals surface area contributed by atoms with Gasteiger partial charge in [0, 0.05) is 25.7 Å². The minimum atomic E-state index is -4.97. The van der Waals surface area contributed by atoms with Crippen LogP contribution in [0, 0.1) is 5.92 Å². The van der Waals surface area contributed by atoms with Gasteiger partial charge in [-0.1, -0.05) is 386 Å². The second kappa shape index (κ2) is 78.2. The lowest BCUT2D eigenvalue weighted by Gasteiger charge is -2.21. The van der Waals surface area contributed by atoms with E-state index in [1.807, 2.05) is 0 Å². The average molecular weight is 1530 g/mol. The molecule has 0 aliphatic carbocycles. The standard InChI is InChI=1S/C86H164O17P2/c1-6-10-13-16-19-22-25-28-34-40-45-50-55-60-65-70-84(89)97-76-82(103-86(91)72-67-62-57-52-47-42-37-33-31-30-32-36-39-43-48-53-58-63-68-79(5)9-4)78-101-105(94,95)99-74-80(87)73-98-104(92,93)100-77-81(75-96-83(88)69-64-59-54-49-44-38-27-24-21-18-15-12-8-3)102-85(90)71-66-61-56-51-46-41-35-29-26-23-20-17-14-11-7-2/h22,25,28,34,79-82,87H,6-21,23-24,26-27,29-33,35-78H2,1-5H3,(H,92,93)(H,94,95)/b25-22-,34-28-/t79?,80-,81+,82+/m0/s1. The van der Waals surface area contributed by atoms with E-state index in [0.717, 1.165) is 115 Å². The van der Waals surface area contributed by atoms with Crippen molar-refractivity contribution in [3.05, 3.63) is 24.3 Å². The van der Waals surface area contributed by atoms with E-state index in [1.54, 1.807) is 0 Å². The summed E-state index contributed by atoms with van der Waals surface area (Å²) in [6.45, 7) is 7.37. The summed E-state index contributed by atoms with van der Waals surface area (Å²) in [5.41, 5.74) is 0. The van der Waals surface area contributed by atoms with Gasteiger partial charge in [0.15, 0.2) is 12.2 Å². The number of esters is 4. The lowest BCUT2D eigenvalue weighted by Crippen LogP contribution is -2.30. The summed E-state index contributed by atoms with van der Waals surface area (Å²) >= 11 is 0. The molecule has 620 valence electrons. The topological polar surface area (TPSA) is 237 Å². The van der Waals surface area contributed by atoms with Gasteiger partial charge in [-0.3, -0.25) is 37.3 Å². The summed E-state index contributed by atoms with van der Waals surface area (Å²) in [5.74, 6) is -1.26. The molecule has 0 aliphatic heterocycles. The van der Waals surface area contributed by atoms with E-state index in [-0.39, 0.29) is 25.7 Å². The summed E-state index contributed by atoms with van der Waals surface area (Å²) < 4.78 is 68.9. The van der Waals surface area contributed by atoms with E-state index in [4.69, 9.17) is 37.0 Å². The molecule has 0 saturated heterocycles. The third-order valence-corrected chi connectivity index (χ3v) is 21.9. The van der Waals surface area contributed by atoms with Crippen LogP contribution in [0.5, 0.6) is 0 Å². The van der Waals surface area contributed by atoms with Crippen LogP contribution < -0.4 is 0 Å². The Kier molecular flexibility index (Phi) is 76.4. The molecular weight excluding hydrogens is 1370 g/mol. The number of phosphoric ester groups is 2. The largest absolute Gasteiger partial charge is 0.472 e. The molecule has 0 amide bonds. The molecule has 0 saturated carbocycles. The van der Waals surface area contributed by atoms with Crippen LogP contribution in [0.4, 0.5) is 0 Å². The summed E-state index contributed by atoms with van der Waals surface area (Å²) in [7, 11) is -9.94. The van der Waals surface area contributed by atoms with E-state index in [2.05, 4.69) is 58.9 Å². The average Bonchev–Trinajstić information content (AvgIpc) is 0.917. The Hall–Kier alpha value is -2.46. The quantitative estimate of drug-likeness (QED) is 0.0169. The van der Waals surface area contributed by atoms with Crippen molar-refractivity contribution in [3.63, 3.8) is 0 Å². The number of aliphatic hydroxyl groups is 1. The smallest absolute Gasteiger partial charge is 0.462 e. The van der Waals surface area contributed by atoms with Gasteiger partial charge in [-0.2, -0.15) is 0 Å². The Morgan fingerprint density at radius 2 is 0.533 bits per heavy atom. The number of hydrogen-bond donors (Lipinski definition) is 3. The van der Waals surface area contributed by atoms with Crippen molar-refractivity contribution in [2.75, 3.05) is 39.6 Å². The Morgan fingerprint density at radius 3 is 0.810 bits per heavy atom. The second-order valence-electron chi connectivity index (χ2n) is 30.5. The fourth-order valence-corrected chi connectivity index (χ4v) is 14.5. The maximum atomic E-state index is 13.1. The van der Waals surface area contributed by atoms with Crippen LogP contribution >= 0.6 is 15.6 Å². The van der Waals surface area contributed by atoms with Crippen LogP contribution in [0.25, 0.3) is 0 Å². The molecule has 105 heavy (non-hydrogen) atoms. The number of hydrogen-bond acceptors (Lipinski definition) is 15. The van der Waals surface area contributed by atoms with Gasteiger partial charge < -0.3 is 33.8 Å². The molecule has 0 fully saturated rings. The Morgan fingerprint density at radius 1 is 0.305 bits per heavy atom. The van der Waals surface area contributed by atoms with Crippen LogP contribution in [-0.4, -0.2) is 96.7 Å². The highest BCUT2D eigenvalue weighted by atomic mass is 31.2. The van der Waals surface area contributed by atoms with Crippen LogP contribution in [0.1, 0.15) is 439 Å². The highest BCUT2D eigenvalue weighted by Gasteiger charge is 2.30. The number of carbonyl (C=O) groups excluding carboxylic acids is 4. The first kappa shape index (κ1) is 103. The van der Waals surface area contributed by atoms with Gasteiger partial charge in [0.05, 0.1) is 26.4 Å². The molecule has 0 radical (unpaired) electrons. The third-order valence-electron chi connectivity index (χ3n) is 20.0. The molecule has 17 nitrogen and oxygen atoms in total. The van der Waals surface area contributed by atoms with Gasteiger partial charge >= 0.3 is 39.5 Å². The molecule has 6 atom stereocenters. The molecule has 0 aromatic heterocycles. The Bertz CT molecular complexity index is 2090. The Labute approximate surface area is 643 Å². The summed E-state index contributed by atoms with van der Waals surface area (Å²) in [6, 6.07) is 0. The molecule has 0 heterocycles. The molecule has 0 spiro atoms. The van der Waals surface area contributed by atoms with Gasteiger partial charge in [-0.05, 0) is 57.3 Å². The van der Waals surface area contributed by atoms with Gasteiger partial charge in [-0.25, -0.2) is 9.13 Å². The van der Waals surface area contributed by atoms with Crippen molar-refractivity contribution < 1.29 is 80.2 Å². The van der Waals surface area contributed by atoms with Gasteiger partial charge in [-0.15, -0.1) is 0 Å². The zero-order valence-electron chi connectivity index (χ0n) is 68.4. The molecule has 19 heteroatoms. The lowest BCUT2D eigenvalue weighted by atomic mass is 9.99. The summed E-state index contributed by atoms with van der Waals surface area (Å²) in [6.07, 6.45) is 74.2. The zero-order valence-corrected chi connectivity index (χ0v) is 70.1. The monoisotopic (exact) mass is 1530 g/mol. The fraction of sp³-hybridized carbons (Fsp3) is 0.907. The lowest BCUT2D eigenvalue weighted by molar-refractivity contribution is -0.161. The first-order chi connectivity index (χ1) is 51.1. The van der Waals surface area contributed by atoms with Crippen molar-refractivity contribution in [1.82, 2.24) is 0 Å². The minimum absolute atomic E-state index is 0.102. The molecule has 3 unspecified atom stereocenters. The van der Waals surface area contributed by atoms with Crippen molar-refractivity contribution in [2.45, 2.75) is 457 Å². The normalized spacial score (nSPS) is 14.2. The van der Waals surface area contributed by atoms with Gasteiger partial charge in [0.1, 0.15) is 19.3 Å². The zero-order chi connectivity index (χ0) is 76.9. The number of rotatable bonds is 84. The maximum Gasteiger partial charge on any atom is 0.472 e. The van der Waals surface area contributed by atoms with Crippen LogP contribution in [0.2, 0.25) is 0 Å². The predicted molar refractivity (Wildman–Crippen MR) is 432 cm³/mol. The molecule has 3 N–H and O–H groups in total. The molecule has 0 bridgehead atoms. The second-order valence-corrected chi connectivity index (χ2v) is 33.4. The predicted octanol–water partition coefficient (Wildman–Crippen LogP) is 25.9. The van der Waals surface area contributed by atoms with Gasteiger partial charge in [0.25, 0.3) is 0 Å². The van der Waals surface area contributed by atoms with Crippen LogP contribution in [-0.2, 0) is 65.4 Å². The van der Waals surface area contributed by atoms with Crippen molar-refractivity contribution >= 4 is 39.5 Å². The van der Waals surface area contributed by atoms with E-state index >= 15 is 0 Å². The number of carbonyl (C=O) groups is 4.